The summed E-state index contributed by atoms with van der Waals surface area (Å²) in [4.78, 5) is 16.8. The van der Waals surface area contributed by atoms with Crippen molar-refractivity contribution < 1.29 is 18.7 Å². The molecule has 1 aromatic carbocycles. The molecular weight excluding hydrogens is 359 g/mol. The second-order valence-electron chi connectivity index (χ2n) is 7.26. The maximum absolute atomic E-state index is 14.9. The zero-order valence-corrected chi connectivity index (χ0v) is 16.6. The maximum Gasteiger partial charge on any atom is 0.310 e. The lowest BCUT2D eigenvalue weighted by Gasteiger charge is -2.23. The number of hydrogen-bond donors (Lipinski definition) is 0. The van der Waals surface area contributed by atoms with Crippen molar-refractivity contribution in [2.75, 3.05) is 13.7 Å². The van der Waals surface area contributed by atoms with E-state index in [1.807, 2.05) is 37.7 Å². The Labute approximate surface area is 163 Å². The molecule has 0 radical (unpaired) electrons. The molecule has 0 spiro atoms. The molecule has 0 bridgehead atoms. The Morgan fingerprint density at radius 1 is 1.39 bits per heavy atom. The SMILES string of the molecule is COC(=O)Cc1c(C)nc2c(ccn2C)c1-c1cc(F)c2c(c1C)CCCO2. The topological polar surface area (TPSA) is 53.3 Å². The normalized spacial score (nSPS) is 13.3. The number of rotatable bonds is 3. The van der Waals surface area contributed by atoms with Gasteiger partial charge < -0.3 is 14.0 Å². The molecular formula is C22H23FN2O3. The molecule has 0 amide bonds. The number of halogens is 1. The van der Waals surface area contributed by atoms with Crippen molar-refractivity contribution in [2.45, 2.75) is 33.1 Å². The van der Waals surface area contributed by atoms with Crippen LogP contribution in [-0.4, -0.2) is 29.2 Å². The van der Waals surface area contributed by atoms with E-state index in [4.69, 9.17) is 9.47 Å². The van der Waals surface area contributed by atoms with Gasteiger partial charge in [-0.25, -0.2) is 9.37 Å². The van der Waals surface area contributed by atoms with Crippen molar-refractivity contribution in [2.24, 2.45) is 7.05 Å². The van der Waals surface area contributed by atoms with Gasteiger partial charge in [0.1, 0.15) is 5.65 Å². The van der Waals surface area contributed by atoms with Crippen molar-refractivity contribution in [3.05, 3.63) is 46.5 Å². The van der Waals surface area contributed by atoms with E-state index in [0.29, 0.717) is 12.4 Å². The summed E-state index contributed by atoms with van der Waals surface area (Å²) in [5.74, 6) is -0.351. The highest BCUT2D eigenvalue weighted by Gasteiger charge is 2.25. The number of pyridine rings is 1. The van der Waals surface area contributed by atoms with Gasteiger partial charge >= 0.3 is 5.97 Å². The lowest BCUT2D eigenvalue weighted by molar-refractivity contribution is -0.139. The average Bonchev–Trinajstić information content (AvgIpc) is 3.05. The van der Waals surface area contributed by atoms with E-state index in [0.717, 1.165) is 57.4 Å². The molecule has 0 fully saturated rings. The quantitative estimate of drug-likeness (QED) is 0.642. The van der Waals surface area contributed by atoms with Crippen LogP contribution in [0.25, 0.3) is 22.2 Å². The third-order valence-electron chi connectivity index (χ3n) is 5.58. The molecule has 1 aliphatic rings. The number of benzene rings is 1. The van der Waals surface area contributed by atoms with Crippen LogP contribution in [0, 0.1) is 19.7 Å². The third-order valence-corrected chi connectivity index (χ3v) is 5.58. The Kier molecular flexibility index (Phi) is 4.57. The Balaban J connectivity index is 2.06. The van der Waals surface area contributed by atoms with Gasteiger partial charge in [0.15, 0.2) is 11.6 Å². The van der Waals surface area contributed by atoms with Gasteiger partial charge in [0.25, 0.3) is 0 Å². The summed E-state index contributed by atoms with van der Waals surface area (Å²) in [6.07, 6.45) is 3.65. The number of nitrogens with zero attached hydrogens (tertiary/aromatic N) is 2. The van der Waals surface area contributed by atoms with E-state index in [2.05, 4.69) is 4.98 Å². The standard InChI is InChI=1S/C22H23FN2O3/c1-12-14-6-5-9-28-21(14)18(23)10-16(12)20-15-7-8-25(3)22(15)24-13(2)17(20)11-19(26)27-4/h7-8,10H,5-6,9,11H2,1-4H3. The summed E-state index contributed by atoms with van der Waals surface area (Å²) >= 11 is 0. The van der Waals surface area contributed by atoms with Crippen LogP contribution >= 0.6 is 0 Å². The van der Waals surface area contributed by atoms with Crippen LogP contribution in [0.3, 0.4) is 0 Å². The molecule has 28 heavy (non-hydrogen) atoms. The first kappa shape index (κ1) is 18.5. The Hall–Kier alpha value is -2.89. The van der Waals surface area contributed by atoms with Crippen molar-refractivity contribution in [1.29, 1.82) is 0 Å². The highest BCUT2D eigenvalue weighted by molar-refractivity contribution is 5.98. The fraction of sp³-hybridized carbons (Fsp3) is 0.364. The van der Waals surface area contributed by atoms with Crippen LogP contribution in [0.15, 0.2) is 18.3 Å². The lowest BCUT2D eigenvalue weighted by atomic mass is 9.87. The van der Waals surface area contributed by atoms with Crippen LogP contribution in [0.1, 0.15) is 28.8 Å². The molecule has 3 aromatic rings. The number of hydrogen-bond acceptors (Lipinski definition) is 4. The minimum absolute atomic E-state index is 0.0874. The van der Waals surface area contributed by atoms with Gasteiger partial charge in [-0.15, -0.1) is 0 Å². The van der Waals surface area contributed by atoms with E-state index in [1.165, 1.54) is 13.2 Å². The first-order chi connectivity index (χ1) is 13.4. The highest BCUT2D eigenvalue weighted by atomic mass is 19.1. The van der Waals surface area contributed by atoms with Gasteiger partial charge in [-0.2, -0.15) is 0 Å². The van der Waals surface area contributed by atoms with E-state index in [-0.39, 0.29) is 18.2 Å². The highest BCUT2D eigenvalue weighted by Crippen LogP contribution is 2.41. The number of aromatic nitrogens is 2. The lowest BCUT2D eigenvalue weighted by Crippen LogP contribution is -2.13. The number of carbonyl (C=O) groups is 1. The van der Waals surface area contributed by atoms with Crippen LogP contribution in [-0.2, 0) is 29.4 Å². The molecule has 4 rings (SSSR count). The van der Waals surface area contributed by atoms with E-state index >= 15 is 0 Å². The van der Waals surface area contributed by atoms with Crippen LogP contribution < -0.4 is 4.74 Å². The van der Waals surface area contributed by atoms with E-state index in [9.17, 15) is 9.18 Å². The molecule has 0 saturated carbocycles. The second-order valence-corrected chi connectivity index (χ2v) is 7.26. The molecule has 1 aliphatic heterocycles. The Morgan fingerprint density at radius 2 is 2.18 bits per heavy atom. The van der Waals surface area contributed by atoms with Crippen molar-refractivity contribution >= 4 is 17.0 Å². The van der Waals surface area contributed by atoms with E-state index in [1.54, 1.807) is 0 Å². The first-order valence-electron chi connectivity index (χ1n) is 9.38. The third kappa shape index (κ3) is 2.84. The molecule has 0 atom stereocenters. The number of aryl methyl sites for hydroxylation is 2. The molecule has 2 aromatic heterocycles. The minimum atomic E-state index is -0.363. The summed E-state index contributed by atoms with van der Waals surface area (Å²) in [6, 6.07) is 3.49. The molecule has 6 heteroatoms. The molecule has 0 aliphatic carbocycles. The summed E-state index contributed by atoms with van der Waals surface area (Å²) < 4.78 is 27.3. The van der Waals surface area contributed by atoms with Gasteiger partial charge in [0.2, 0.25) is 0 Å². The average molecular weight is 382 g/mol. The van der Waals surface area contributed by atoms with Crippen molar-refractivity contribution in [3.8, 4) is 16.9 Å². The number of carbonyl (C=O) groups excluding carboxylic acids is 1. The van der Waals surface area contributed by atoms with Crippen LogP contribution in [0.5, 0.6) is 5.75 Å². The number of methoxy groups -OCH3 is 1. The van der Waals surface area contributed by atoms with Crippen LogP contribution in [0.2, 0.25) is 0 Å². The number of ether oxygens (including phenoxy) is 2. The van der Waals surface area contributed by atoms with Gasteiger partial charge in [0, 0.05) is 29.9 Å². The molecule has 0 saturated heterocycles. The predicted octanol–water partition coefficient (Wildman–Crippen LogP) is 4.04. The molecule has 5 nitrogen and oxygen atoms in total. The van der Waals surface area contributed by atoms with Gasteiger partial charge in [0.05, 0.1) is 20.1 Å². The molecule has 146 valence electrons. The molecule has 0 unspecified atom stereocenters. The fourth-order valence-corrected chi connectivity index (χ4v) is 4.08. The summed E-state index contributed by atoms with van der Waals surface area (Å²) in [7, 11) is 3.29. The minimum Gasteiger partial charge on any atom is -0.490 e. The second kappa shape index (κ2) is 6.93. The molecule has 0 N–H and O–H groups in total. The van der Waals surface area contributed by atoms with E-state index < -0.39 is 0 Å². The summed E-state index contributed by atoms with van der Waals surface area (Å²) in [5, 5.41) is 0.895. The predicted molar refractivity (Wildman–Crippen MR) is 105 cm³/mol. The van der Waals surface area contributed by atoms with Gasteiger partial charge in [-0.1, -0.05) is 0 Å². The monoisotopic (exact) mass is 382 g/mol. The fourth-order valence-electron chi connectivity index (χ4n) is 4.08. The first-order valence-corrected chi connectivity index (χ1v) is 9.38. The van der Waals surface area contributed by atoms with Gasteiger partial charge in [-0.3, -0.25) is 4.79 Å². The van der Waals surface area contributed by atoms with Crippen LogP contribution in [0.4, 0.5) is 4.39 Å². The number of fused-ring (bicyclic) bond motifs is 2. The molecule has 3 heterocycles. The Morgan fingerprint density at radius 3 is 2.93 bits per heavy atom. The zero-order valence-electron chi connectivity index (χ0n) is 16.6. The Bertz CT molecular complexity index is 1100. The van der Waals surface area contributed by atoms with Crippen molar-refractivity contribution in [1.82, 2.24) is 9.55 Å². The largest absolute Gasteiger partial charge is 0.490 e. The maximum atomic E-state index is 14.9. The van der Waals surface area contributed by atoms with Crippen molar-refractivity contribution in [3.63, 3.8) is 0 Å². The smallest absolute Gasteiger partial charge is 0.310 e. The summed E-state index contributed by atoms with van der Waals surface area (Å²) in [5.41, 5.74) is 5.82. The zero-order chi connectivity index (χ0) is 20.0. The summed E-state index contributed by atoms with van der Waals surface area (Å²) in [6.45, 7) is 4.41. The van der Waals surface area contributed by atoms with Gasteiger partial charge in [-0.05, 0) is 61.1 Å². The number of esters is 1.